The Morgan fingerprint density at radius 1 is 1.10 bits per heavy atom. The molecule has 0 unspecified atom stereocenters. The van der Waals surface area contributed by atoms with Gasteiger partial charge in [0.05, 0.1) is 29.8 Å². The van der Waals surface area contributed by atoms with Crippen molar-refractivity contribution in [2.45, 2.75) is 44.5 Å². The monoisotopic (exact) mass is 573 g/mol. The first-order valence-electron chi connectivity index (χ1n) is 13.7. The molecular formula is C29H31F4N5O3. The number of amides is 1. The Kier molecular flexibility index (Phi) is 8.75. The highest BCUT2D eigenvalue weighted by atomic mass is 19.4. The van der Waals surface area contributed by atoms with Crippen molar-refractivity contribution in [1.29, 1.82) is 5.26 Å². The van der Waals surface area contributed by atoms with Crippen LogP contribution in [0.25, 0.3) is 11.1 Å². The lowest BCUT2D eigenvalue weighted by atomic mass is 9.87. The number of carbonyl (C=O) groups excluding carboxylic acids is 1. The van der Waals surface area contributed by atoms with Crippen molar-refractivity contribution < 1.29 is 31.5 Å². The number of oxazole rings is 1. The number of piperazine rings is 1. The largest absolute Gasteiger partial charge is 0.439 e. The molecule has 0 radical (unpaired) electrons. The molecule has 1 N–H and O–H groups in total. The number of anilines is 1. The van der Waals surface area contributed by atoms with E-state index >= 15 is 0 Å². The summed E-state index contributed by atoms with van der Waals surface area (Å²) in [6, 6.07) is 9.50. The smallest absolute Gasteiger partial charge is 0.417 e. The quantitative estimate of drug-likeness (QED) is 0.371. The summed E-state index contributed by atoms with van der Waals surface area (Å²) in [5.74, 6) is 0.390. The van der Waals surface area contributed by atoms with Crippen LogP contribution in [0.4, 0.5) is 23.2 Å². The molecule has 0 spiro atoms. The SMILES string of the molecule is N#Cc1ccc(NCC2CCC(OCC(=O)N3CCN(Cc4nc5cc(F)ccc5o4)CC3)CC2)cc1C(F)(F)F. The standard InChI is InChI=1S/C29H31F4N5O3/c30-21-4-8-26-25(13-21)36-27(41-26)17-37-9-11-38(12-10-37)28(39)18-40-23-6-1-19(2-7-23)16-35-22-5-3-20(15-34)24(14-22)29(31,32)33/h3-5,8,13-14,19,23,35H,1-2,6-7,9-12,16-18H2. The van der Waals surface area contributed by atoms with E-state index in [1.165, 1.54) is 24.3 Å². The average Bonchev–Trinajstić information content (AvgIpc) is 3.36. The molecule has 2 heterocycles. The highest BCUT2D eigenvalue weighted by Crippen LogP contribution is 2.34. The van der Waals surface area contributed by atoms with Gasteiger partial charge in [-0.05, 0) is 61.9 Å². The maximum absolute atomic E-state index is 13.4. The molecule has 2 fully saturated rings. The first kappa shape index (κ1) is 28.8. The third-order valence-electron chi connectivity index (χ3n) is 7.75. The number of ether oxygens (including phenoxy) is 1. The number of halogens is 4. The summed E-state index contributed by atoms with van der Waals surface area (Å²) >= 11 is 0. The van der Waals surface area contributed by atoms with Crippen LogP contribution in [-0.2, 0) is 22.3 Å². The summed E-state index contributed by atoms with van der Waals surface area (Å²) in [6.45, 7) is 3.51. The molecule has 218 valence electrons. The molecular weight excluding hydrogens is 542 g/mol. The Labute approximate surface area is 234 Å². The minimum Gasteiger partial charge on any atom is -0.439 e. The van der Waals surface area contributed by atoms with Crippen LogP contribution in [0, 0.1) is 23.1 Å². The normalized spacial score (nSPS) is 20.2. The number of hydrogen-bond donors (Lipinski definition) is 1. The Morgan fingerprint density at radius 3 is 2.56 bits per heavy atom. The number of aromatic nitrogens is 1. The van der Waals surface area contributed by atoms with Gasteiger partial charge < -0.3 is 19.4 Å². The Balaban J connectivity index is 0.996. The third kappa shape index (κ3) is 7.34. The van der Waals surface area contributed by atoms with E-state index in [0.29, 0.717) is 61.9 Å². The maximum atomic E-state index is 13.4. The number of nitrogens with zero attached hydrogens (tertiary/aromatic N) is 4. The number of rotatable bonds is 8. The van der Waals surface area contributed by atoms with Gasteiger partial charge in [-0.25, -0.2) is 9.37 Å². The van der Waals surface area contributed by atoms with Crippen LogP contribution in [0.3, 0.4) is 0 Å². The first-order valence-corrected chi connectivity index (χ1v) is 13.7. The van der Waals surface area contributed by atoms with Crippen LogP contribution >= 0.6 is 0 Å². The Morgan fingerprint density at radius 2 is 1.85 bits per heavy atom. The molecule has 41 heavy (non-hydrogen) atoms. The summed E-state index contributed by atoms with van der Waals surface area (Å²) < 4.78 is 64.6. The van der Waals surface area contributed by atoms with E-state index in [9.17, 15) is 22.4 Å². The molecule has 12 heteroatoms. The summed E-state index contributed by atoms with van der Waals surface area (Å²) in [5, 5.41) is 12.0. The predicted octanol–water partition coefficient (Wildman–Crippen LogP) is 5.19. The first-order chi connectivity index (χ1) is 19.7. The number of fused-ring (bicyclic) bond motifs is 1. The van der Waals surface area contributed by atoms with Gasteiger partial charge in [0.2, 0.25) is 11.8 Å². The molecule has 5 rings (SSSR count). The predicted molar refractivity (Wildman–Crippen MR) is 142 cm³/mol. The summed E-state index contributed by atoms with van der Waals surface area (Å²) in [4.78, 5) is 21.0. The highest BCUT2D eigenvalue weighted by Gasteiger charge is 2.34. The van der Waals surface area contributed by atoms with Crippen molar-refractivity contribution >= 4 is 22.7 Å². The van der Waals surface area contributed by atoms with E-state index in [0.717, 1.165) is 31.7 Å². The van der Waals surface area contributed by atoms with Crippen molar-refractivity contribution in [3.05, 3.63) is 59.2 Å². The number of alkyl halides is 3. The fourth-order valence-electron chi connectivity index (χ4n) is 5.39. The molecule has 2 aromatic carbocycles. The average molecular weight is 574 g/mol. The van der Waals surface area contributed by atoms with Gasteiger partial charge in [0.25, 0.3) is 0 Å². The topological polar surface area (TPSA) is 94.6 Å². The number of hydrogen-bond acceptors (Lipinski definition) is 7. The van der Waals surface area contributed by atoms with Crippen LogP contribution in [0.1, 0.15) is 42.7 Å². The number of nitriles is 1. The van der Waals surface area contributed by atoms with Crippen LogP contribution in [0.2, 0.25) is 0 Å². The van der Waals surface area contributed by atoms with Gasteiger partial charge in [0.1, 0.15) is 17.9 Å². The van der Waals surface area contributed by atoms with Crippen LogP contribution in [0.15, 0.2) is 40.8 Å². The molecule has 8 nitrogen and oxygen atoms in total. The summed E-state index contributed by atoms with van der Waals surface area (Å²) in [5.41, 5.74) is 0.0420. The fourth-order valence-corrected chi connectivity index (χ4v) is 5.39. The zero-order valence-electron chi connectivity index (χ0n) is 22.4. The molecule has 0 bridgehead atoms. The minimum absolute atomic E-state index is 0.0211. The van der Waals surface area contributed by atoms with E-state index in [2.05, 4.69) is 15.2 Å². The molecule has 1 aliphatic heterocycles. The van der Waals surface area contributed by atoms with Gasteiger partial charge in [-0.2, -0.15) is 18.4 Å². The van der Waals surface area contributed by atoms with E-state index in [4.69, 9.17) is 14.4 Å². The molecule has 1 saturated carbocycles. The van der Waals surface area contributed by atoms with Gasteiger partial charge >= 0.3 is 6.18 Å². The van der Waals surface area contributed by atoms with Crippen LogP contribution in [0.5, 0.6) is 0 Å². The molecule has 1 saturated heterocycles. The zero-order valence-corrected chi connectivity index (χ0v) is 22.4. The molecule has 2 aliphatic rings. The second kappa shape index (κ2) is 12.4. The molecule has 3 aromatic rings. The number of benzene rings is 2. The van der Waals surface area contributed by atoms with Crippen molar-refractivity contribution in [2.75, 3.05) is 44.6 Å². The number of nitrogens with one attached hydrogen (secondary N) is 1. The highest BCUT2D eigenvalue weighted by molar-refractivity contribution is 5.77. The lowest BCUT2D eigenvalue weighted by Crippen LogP contribution is -2.49. The van der Waals surface area contributed by atoms with Gasteiger partial charge in [-0.15, -0.1) is 0 Å². The summed E-state index contributed by atoms with van der Waals surface area (Å²) in [6.07, 6.45) is -1.36. The third-order valence-corrected chi connectivity index (χ3v) is 7.75. The van der Waals surface area contributed by atoms with Crippen LogP contribution in [-0.4, -0.2) is 66.1 Å². The molecule has 0 atom stereocenters. The van der Waals surface area contributed by atoms with Crippen molar-refractivity contribution in [3.63, 3.8) is 0 Å². The van der Waals surface area contributed by atoms with Gasteiger partial charge in [0.15, 0.2) is 5.58 Å². The fraction of sp³-hybridized carbons (Fsp3) is 0.483. The second-order valence-corrected chi connectivity index (χ2v) is 10.6. The second-order valence-electron chi connectivity index (χ2n) is 10.6. The van der Waals surface area contributed by atoms with Gasteiger partial charge in [-0.3, -0.25) is 9.69 Å². The minimum atomic E-state index is -4.58. The number of carbonyl (C=O) groups is 1. The van der Waals surface area contributed by atoms with Crippen molar-refractivity contribution in [1.82, 2.24) is 14.8 Å². The van der Waals surface area contributed by atoms with Crippen LogP contribution < -0.4 is 5.32 Å². The van der Waals surface area contributed by atoms with E-state index < -0.39 is 17.3 Å². The lowest BCUT2D eigenvalue weighted by Gasteiger charge is -2.34. The Hall–Kier alpha value is -3.69. The van der Waals surface area contributed by atoms with E-state index in [-0.39, 0.29) is 30.4 Å². The zero-order chi connectivity index (χ0) is 29.0. The van der Waals surface area contributed by atoms with Crippen molar-refractivity contribution in [3.8, 4) is 6.07 Å². The van der Waals surface area contributed by atoms with E-state index in [1.807, 2.05) is 0 Å². The molecule has 1 aliphatic carbocycles. The van der Waals surface area contributed by atoms with Crippen molar-refractivity contribution in [2.24, 2.45) is 5.92 Å². The summed E-state index contributed by atoms with van der Waals surface area (Å²) in [7, 11) is 0. The van der Waals surface area contributed by atoms with Gasteiger partial charge in [0, 0.05) is 44.5 Å². The van der Waals surface area contributed by atoms with Gasteiger partial charge in [-0.1, -0.05) is 0 Å². The Bertz CT molecular complexity index is 1400. The maximum Gasteiger partial charge on any atom is 0.417 e. The lowest BCUT2D eigenvalue weighted by molar-refractivity contribution is -0.141. The van der Waals surface area contributed by atoms with E-state index in [1.54, 1.807) is 17.0 Å². The molecule has 1 amide bonds. The molecule has 1 aromatic heterocycles.